The van der Waals surface area contributed by atoms with Gasteiger partial charge in [0.15, 0.2) is 5.96 Å². The molecule has 144 valence electrons. The van der Waals surface area contributed by atoms with Gasteiger partial charge in [0.1, 0.15) is 5.82 Å². The van der Waals surface area contributed by atoms with Gasteiger partial charge in [-0.1, -0.05) is 6.07 Å². The molecule has 2 N–H and O–H groups in total. The lowest BCUT2D eigenvalue weighted by Crippen LogP contribution is -2.38. The highest BCUT2D eigenvalue weighted by atomic mass is 127. The fraction of sp³-hybridized carbons (Fsp3) is 0.500. The quantitative estimate of drug-likeness (QED) is 0.279. The second-order valence-electron chi connectivity index (χ2n) is 4.79. The summed E-state index contributed by atoms with van der Waals surface area (Å²) in [5, 5.41) is 5.01. The van der Waals surface area contributed by atoms with E-state index in [1.165, 1.54) is 0 Å². The number of benzene rings is 1. The molecule has 3 nitrogen and oxygen atoms in total. The summed E-state index contributed by atoms with van der Waals surface area (Å²) < 4.78 is 87.9. The van der Waals surface area contributed by atoms with Crippen molar-refractivity contribution in [2.24, 2.45) is 4.99 Å². The third-order valence-electron chi connectivity index (χ3n) is 2.83. The molecule has 25 heavy (non-hydrogen) atoms. The first kappa shape index (κ1) is 23.7. The minimum Gasteiger partial charge on any atom is -0.357 e. The van der Waals surface area contributed by atoms with Gasteiger partial charge in [-0.05, 0) is 24.6 Å². The highest BCUT2D eigenvalue weighted by molar-refractivity contribution is 14.0. The first-order valence-corrected chi connectivity index (χ1v) is 6.97. The monoisotopic (exact) mass is 487 g/mol. The Labute approximate surface area is 157 Å². The molecular formula is C14H17F7IN3. The molecule has 1 aromatic carbocycles. The zero-order valence-corrected chi connectivity index (χ0v) is 15.4. The molecule has 0 aliphatic rings. The molecule has 11 heteroatoms. The topological polar surface area (TPSA) is 36.4 Å². The summed E-state index contributed by atoms with van der Waals surface area (Å²) in [4.78, 5) is 3.81. The van der Waals surface area contributed by atoms with Gasteiger partial charge in [0, 0.05) is 13.1 Å². The van der Waals surface area contributed by atoms with Crippen molar-refractivity contribution in [3.8, 4) is 0 Å². The third kappa shape index (κ3) is 9.12. The Hall–Kier alpha value is -1.27. The van der Waals surface area contributed by atoms with E-state index in [1.54, 1.807) is 6.92 Å². The SMILES string of the molecule is CCNC(=NCc1ccc(F)cc1C(F)(F)F)NCCC(F)(F)F.I. The molecule has 0 aromatic heterocycles. The first-order valence-electron chi connectivity index (χ1n) is 6.97. The van der Waals surface area contributed by atoms with E-state index in [9.17, 15) is 30.7 Å². The molecule has 0 fully saturated rings. The Morgan fingerprint density at radius 3 is 2.24 bits per heavy atom. The van der Waals surface area contributed by atoms with E-state index in [-0.39, 0.29) is 35.5 Å². The van der Waals surface area contributed by atoms with Gasteiger partial charge < -0.3 is 10.6 Å². The van der Waals surface area contributed by atoms with Crippen LogP contribution in [0.4, 0.5) is 30.7 Å². The third-order valence-corrected chi connectivity index (χ3v) is 2.83. The standard InChI is InChI=1S/C14H16F7N3.HI/c1-2-22-12(23-6-5-13(16,17)18)24-8-9-3-4-10(15)7-11(9)14(19,20)21;/h3-4,7H,2,5-6,8H2,1H3,(H2,22,23,24);1H. The molecule has 0 bridgehead atoms. The second-order valence-corrected chi connectivity index (χ2v) is 4.79. The van der Waals surface area contributed by atoms with Crippen molar-refractivity contribution in [2.75, 3.05) is 13.1 Å². The largest absolute Gasteiger partial charge is 0.416 e. The highest BCUT2D eigenvalue weighted by Gasteiger charge is 2.33. The van der Waals surface area contributed by atoms with Crippen LogP contribution in [-0.2, 0) is 12.7 Å². The Morgan fingerprint density at radius 1 is 1.08 bits per heavy atom. The van der Waals surface area contributed by atoms with E-state index >= 15 is 0 Å². The van der Waals surface area contributed by atoms with Crippen LogP contribution >= 0.6 is 24.0 Å². The Bertz CT molecular complexity index is 571. The molecule has 1 aromatic rings. The summed E-state index contributed by atoms with van der Waals surface area (Å²) in [6, 6.07) is 2.17. The summed E-state index contributed by atoms with van der Waals surface area (Å²) in [5.41, 5.74) is -1.45. The molecule has 0 aliphatic carbocycles. The van der Waals surface area contributed by atoms with Crippen LogP contribution in [0.25, 0.3) is 0 Å². The van der Waals surface area contributed by atoms with Crippen molar-refractivity contribution in [2.45, 2.75) is 32.2 Å². The van der Waals surface area contributed by atoms with Crippen LogP contribution in [0.1, 0.15) is 24.5 Å². The van der Waals surface area contributed by atoms with Crippen LogP contribution in [0.3, 0.4) is 0 Å². The van der Waals surface area contributed by atoms with Crippen LogP contribution in [-0.4, -0.2) is 25.2 Å². The van der Waals surface area contributed by atoms with E-state index in [2.05, 4.69) is 15.6 Å². The maximum absolute atomic E-state index is 13.0. The summed E-state index contributed by atoms with van der Waals surface area (Å²) in [6.07, 6.45) is -10.2. The smallest absolute Gasteiger partial charge is 0.357 e. The van der Waals surface area contributed by atoms with Gasteiger partial charge in [-0.15, -0.1) is 24.0 Å². The van der Waals surface area contributed by atoms with E-state index in [0.717, 1.165) is 12.1 Å². The Morgan fingerprint density at radius 2 is 1.72 bits per heavy atom. The number of nitrogens with zero attached hydrogens (tertiary/aromatic N) is 1. The van der Waals surface area contributed by atoms with Crippen LogP contribution in [0.5, 0.6) is 0 Å². The number of aliphatic imine (C=N–C) groups is 1. The number of guanidine groups is 1. The van der Waals surface area contributed by atoms with Crippen molar-refractivity contribution in [3.63, 3.8) is 0 Å². The van der Waals surface area contributed by atoms with Crippen molar-refractivity contribution in [1.29, 1.82) is 0 Å². The normalized spacial score (nSPS) is 12.6. The van der Waals surface area contributed by atoms with Gasteiger partial charge in [-0.2, -0.15) is 26.3 Å². The molecule has 0 saturated heterocycles. The molecule has 0 unspecified atom stereocenters. The zero-order chi connectivity index (χ0) is 18.4. The van der Waals surface area contributed by atoms with Gasteiger partial charge in [-0.3, -0.25) is 0 Å². The lowest BCUT2D eigenvalue weighted by molar-refractivity contribution is -0.138. The molecule has 0 spiro atoms. The average Bonchev–Trinajstić information content (AvgIpc) is 2.43. The van der Waals surface area contributed by atoms with Crippen LogP contribution in [0, 0.1) is 5.82 Å². The second kappa shape index (κ2) is 10.0. The van der Waals surface area contributed by atoms with Gasteiger partial charge in [0.05, 0.1) is 18.5 Å². The number of hydrogen-bond donors (Lipinski definition) is 2. The van der Waals surface area contributed by atoms with Crippen molar-refractivity contribution < 1.29 is 30.7 Å². The average molecular weight is 487 g/mol. The van der Waals surface area contributed by atoms with E-state index in [1.807, 2.05) is 0 Å². The van der Waals surface area contributed by atoms with Gasteiger partial charge in [-0.25, -0.2) is 9.38 Å². The first-order chi connectivity index (χ1) is 11.0. The molecule has 0 aliphatic heterocycles. The molecular weight excluding hydrogens is 470 g/mol. The number of nitrogens with one attached hydrogen (secondary N) is 2. The minimum absolute atomic E-state index is 0. The predicted octanol–water partition coefficient (Wildman–Crippen LogP) is 4.47. The number of halogens is 8. The molecule has 0 saturated carbocycles. The summed E-state index contributed by atoms with van der Waals surface area (Å²) >= 11 is 0. The van der Waals surface area contributed by atoms with Gasteiger partial charge in [0.2, 0.25) is 0 Å². The Balaban J connectivity index is 0.00000576. The van der Waals surface area contributed by atoms with Crippen molar-refractivity contribution in [3.05, 3.63) is 35.1 Å². The maximum atomic E-state index is 13.0. The highest BCUT2D eigenvalue weighted by Crippen LogP contribution is 2.32. The van der Waals surface area contributed by atoms with Crippen LogP contribution < -0.4 is 10.6 Å². The fourth-order valence-electron chi connectivity index (χ4n) is 1.78. The van der Waals surface area contributed by atoms with Crippen LogP contribution in [0.15, 0.2) is 23.2 Å². The lowest BCUT2D eigenvalue weighted by Gasteiger charge is -2.14. The number of rotatable bonds is 5. The van der Waals surface area contributed by atoms with Gasteiger partial charge >= 0.3 is 12.4 Å². The molecule has 0 heterocycles. The predicted molar refractivity (Wildman–Crippen MR) is 90.3 cm³/mol. The summed E-state index contributed by atoms with van der Waals surface area (Å²) in [5.74, 6) is -1.09. The molecule has 1 rings (SSSR count). The van der Waals surface area contributed by atoms with Crippen molar-refractivity contribution in [1.82, 2.24) is 10.6 Å². The minimum atomic E-state index is -4.75. The molecule has 0 amide bonds. The molecule has 0 atom stereocenters. The number of hydrogen-bond acceptors (Lipinski definition) is 1. The van der Waals surface area contributed by atoms with E-state index in [0.29, 0.717) is 12.6 Å². The van der Waals surface area contributed by atoms with E-state index in [4.69, 9.17) is 0 Å². The number of alkyl halides is 6. The fourth-order valence-corrected chi connectivity index (χ4v) is 1.78. The van der Waals surface area contributed by atoms with E-state index < -0.39 is 43.2 Å². The maximum Gasteiger partial charge on any atom is 0.416 e. The van der Waals surface area contributed by atoms with Gasteiger partial charge in [0.25, 0.3) is 0 Å². The zero-order valence-electron chi connectivity index (χ0n) is 13.1. The summed E-state index contributed by atoms with van der Waals surface area (Å²) in [7, 11) is 0. The Kier molecular flexibility index (Phi) is 9.51. The van der Waals surface area contributed by atoms with Crippen molar-refractivity contribution >= 4 is 29.9 Å². The molecule has 0 radical (unpaired) electrons. The lowest BCUT2D eigenvalue weighted by atomic mass is 10.1. The van der Waals surface area contributed by atoms with Crippen LogP contribution in [0.2, 0.25) is 0 Å². The summed E-state index contributed by atoms with van der Waals surface area (Å²) in [6.45, 7) is 1.04.